The third-order valence-electron chi connectivity index (χ3n) is 4.29. The van der Waals surface area contributed by atoms with Gasteiger partial charge in [-0.1, -0.05) is 6.07 Å². The molecule has 0 unspecified atom stereocenters. The monoisotopic (exact) mass is 319 g/mol. The first-order chi connectivity index (χ1) is 10.4. The average molecular weight is 319 g/mol. The van der Waals surface area contributed by atoms with Crippen molar-refractivity contribution in [2.24, 2.45) is 5.41 Å². The Bertz CT molecular complexity index is 577. The molecule has 0 amide bonds. The average Bonchev–Trinajstić information content (AvgIpc) is 2.64. The van der Waals surface area contributed by atoms with Gasteiger partial charge in [-0.2, -0.15) is 0 Å². The van der Waals surface area contributed by atoms with Crippen LogP contribution >= 0.6 is 0 Å². The lowest BCUT2D eigenvalue weighted by Gasteiger charge is -2.32. The van der Waals surface area contributed by atoms with E-state index in [0.29, 0.717) is 11.3 Å². The largest absolute Gasteiger partial charge is 0.514 e. The zero-order valence-electron chi connectivity index (χ0n) is 15.1. The third-order valence-corrected chi connectivity index (χ3v) is 4.29. The van der Waals surface area contributed by atoms with E-state index < -0.39 is 23.7 Å². The van der Waals surface area contributed by atoms with Gasteiger partial charge in [0, 0.05) is 0 Å². The molecule has 0 saturated carbocycles. The molecule has 0 atom stereocenters. The minimum Gasteiger partial charge on any atom is -0.459 e. The van der Waals surface area contributed by atoms with E-state index in [1.807, 2.05) is 66.7 Å². The number of esters is 1. The summed E-state index contributed by atoms with van der Waals surface area (Å²) in [7, 11) is -0.515. The molecular weight excluding hydrogens is 293 g/mol. The molecule has 126 valence electrons. The predicted molar refractivity (Wildman–Crippen MR) is 89.2 cm³/mol. The number of hydrogen-bond acceptors (Lipinski definition) is 5. The molecule has 0 N–H and O–H groups in total. The van der Waals surface area contributed by atoms with Crippen molar-refractivity contribution in [1.82, 2.24) is 4.98 Å². The summed E-state index contributed by atoms with van der Waals surface area (Å²) in [4.78, 5) is 16.4. The molecule has 0 aromatic carbocycles. The highest BCUT2D eigenvalue weighted by Crippen LogP contribution is 2.36. The van der Waals surface area contributed by atoms with Crippen LogP contribution in [0.15, 0.2) is 18.2 Å². The number of rotatable bonds is 3. The van der Waals surface area contributed by atoms with Crippen LogP contribution in [0.3, 0.4) is 0 Å². The summed E-state index contributed by atoms with van der Waals surface area (Å²) in [6.07, 6.45) is 0. The molecule has 1 aliphatic rings. The van der Waals surface area contributed by atoms with Gasteiger partial charge in [0.25, 0.3) is 0 Å². The molecule has 1 saturated heterocycles. The van der Waals surface area contributed by atoms with E-state index in [1.54, 1.807) is 0 Å². The standard InChI is InChI=1S/C17H26BNO4/c1-15(2,3)14(20)21-11-12-9-8-10-13(19-12)18-22-16(4,5)17(6,7)23-18/h8-10H,11H2,1-7H3. The van der Waals surface area contributed by atoms with Crippen LogP contribution < -0.4 is 5.59 Å². The Morgan fingerprint density at radius 1 is 1.17 bits per heavy atom. The van der Waals surface area contributed by atoms with Crippen molar-refractivity contribution < 1.29 is 18.8 Å². The maximum Gasteiger partial charge on any atom is 0.514 e. The summed E-state index contributed by atoms with van der Waals surface area (Å²) in [5.74, 6) is -0.250. The Balaban J connectivity index is 2.08. The topological polar surface area (TPSA) is 57.7 Å². The number of aromatic nitrogens is 1. The Kier molecular flexibility index (Phi) is 4.61. The number of ether oxygens (including phenoxy) is 1. The Labute approximate surface area is 138 Å². The number of pyridine rings is 1. The van der Waals surface area contributed by atoms with Crippen molar-refractivity contribution in [3.8, 4) is 0 Å². The van der Waals surface area contributed by atoms with Crippen LogP contribution in [0.1, 0.15) is 54.2 Å². The van der Waals surface area contributed by atoms with Gasteiger partial charge in [-0.05, 0) is 60.6 Å². The lowest BCUT2D eigenvalue weighted by molar-refractivity contribution is -0.154. The highest BCUT2D eigenvalue weighted by atomic mass is 16.7. The summed E-state index contributed by atoms with van der Waals surface area (Å²) >= 11 is 0. The zero-order valence-corrected chi connectivity index (χ0v) is 15.1. The van der Waals surface area contributed by atoms with Crippen molar-refractivity contribution in [3.05, 3.63) is 23.9 Å². The second-order valence-electron chi connectivity index (χ2n) is 7.97. The molecule has 0 aliphatic carbocycles. The first kappa shape index (κ1) is 18.0. The van der Waals surface area contributed by atoms with Gasteiger partial charge in [0.05, 0.1) is 27.9 Å². The summed E-state index contributed by atoms with van der Waals surface area (Å²) in [5.41, 5.74) is 0.0218. The zero-order chi connectivity index (χ0) is 17.5. The van der Waals surface area contributed by atoms with Crippen molar-refractivity contribution in [2.75, 3.05) is 0 Å². The molecule has 2 heterocycles. The van der Waals surface area contributed by atoms with Gasteiger partial charge >= 0.3 is 13.1 Å². The molecule has 0 radical (unpaired) electrons. The second-order valence-corrected chi connectivity index (χ2v) is 7.97. The van der Waals surface area contributed by atoms with Crippen molar-refractivity contribution in [1.29, 1.82) is 0 Å². The Morgan fingerprint density at radius 2 is 1.74 bits per heavy atom. The van der Waals surface area contributed by atoms with Crippen LogP contribution in [0.2, 0.25) is 0 Å². The van der Waals surface area contributed by atoms with E-state index in [4.69, 9.17) is 14.0 Å². The van der Waals surface area contributed by atoms with Gasteiger partial charge in [0.1, 0.15) is 6.61 Å². The van der Waals surface area contributed by atoms with Crippen molar-refractivity contribution >= 4 is 18.7 Å². The van der Waals surface area contributed by atoms with E-state index in [2.05, 4.69) is 4.98 Å². The van der Waals surface area contributed by atoms with E-state index in [-0.39, 0.29) is 12.6 Å². The number of hydrogen-bond donors (Lipinski definition) is 0. The second kappa shape index (κ2) is 5.91. The van der Waals surface area contributed by atoms with E-state index in [1.165, 1.54) is 0 Å². The van der Waals surface area contributed by atoms with Crippen LogP contribution in [-0.2, 0) is 25.4 Å². The van der Waals surface area contributed by atoms with Gasteiger partial charge < -0.3 is 14.0 Å². The summed E-state index contributed by atoms with van der Waals surface area (Å²) in [6, 6.07) is 5.55. The van der Waals surface area contributed by atoms with Gasteiger partial charge in [-0.25, -0.2) is 0 Å². The maximum atomic E-state index is 11.8. The van der Waals surface area contributed by atoms with Crippen molar-refractivity contribution in [3.63, 3.8) is 0 Å². The van der Waals surface area contributed by atoms with E-state index in [9.17, 15) is 4.79 Å². The van der Waals surface area contributed by atoms with E-state index in [0.717, 1.165) is 0 Å². The fourth-order valence-corrected chi connectivity index (χ4v) is 2.03. The first-order valence-electron chi connectivity index (χ1n) is 7.91. The van der Waals surface area contributed by atoms with Crippen LogP contribution in [0.4, 0.5) is 0 Å². The molecule has 5 nitrogen and oxygen atoms in total. The molecule has 1 aromatic heterocycles. The van der Waals surface area contributed by atoms with Crippen LogP contribution in [0.5, 0.6) is 0 Å². The fraction of sp³-hybridized carbons (Fsp3) is 0.647. The Morgan fingerprint density at radius 3 is 2.26 bits per heavy atom. The normalized spacial score (nSPS) is 19.7. The quantitative estimate of drug-likeness (QED) is 0.633. The van der Waals surface area contributed by atoms with Crippen LogP contribution in [0, 0.1) is 5.41 Å². The highest BCUT2D eigenvalue weighted by molar-refractivity contribution is 6.61. The van der Waals surface area contributed by atoms with Gasteiger partial charge in [0.2, 0.25) is 0 Å². The van der Waals surface area contributed by atoms with Gasteiger partial charge in [-0.3, -0.25) is 9.78 Å². The molecule has 0 bridgehead atoms. The molecule has 1 aromatic rings. The molecule has 23 heavy (non-hydrogen) atoms. The van der Waals surface area contributed by atoms with Gasteiger partial charge in [0.15, 0.2) is 0 Å². The molecule has 1 fully saturated rings. The third kappa shape index (κ3) is 3.93. The predicted octanol–water partition coefficient (Wildman–Crippen LogP) is 2.47. The van der Waals surface area contributed by atoms with Crippen LogP contribution in [0.25, 0.3) is 0 Å². The smallest absolute Gasteiger partial charge is 0.459 e. The first-order valence-corrected chi connectivity index (χ1v) is 7.91. The lowest BCUT2D eigenvalue weighted by Crippen LogP contribution is -2.41. The van der Waals surface area contributed by atoms with E-state index >= 15 is 0 Å². The fourth-order valence-electron chi connectivity index (χ4n) is 2.03. The molecular formula is C17H26BNO4. The lowest BCUT2D eigenvalue weighted by atomic mass is 9.84. The summed E-state index contributed by atoms with van der Waals surface area (Å²) in [6.45, 7) is 13.6. The number of nitrogens with zero attached hydrogens (tertiary/aromatic N) is 1. The van der Waals surface area contributed by atoms with Crippen LogP contribution in [-0.4, -0.2) is 29.3 Å². The minimum absolute atomic E-state index is 0.142. The van der Waals surface area contributed by atoms with Crippen molar-refractivity contribution in [2.45, 2.75) is 66.3 Å². The minimum atomic E-state index is -0.524. The summed E-state index contributed by atoms with van der Waals surface area (Å²) < 4.78 is 17.3. The molecule has 6 heteroatoms. The number of carbonyl (C=O) groups is 1. The van der Waals surface area contributed by atoms with Gasteiger partial charge in [-0.15, -0.1) is 0 Å². The molecule has 0 spiro atoms. The molecule has 2 rings (SSSR count). The molecule has 1 aliphatic heterocycles. The maximum absolute atomic E-state index is 11.8. The number of carbonyl (C=O) groups excluding carboxylic acids is 1. The summed E-state index contributed by atoms with van der Waals surface area (Å²) in [5, 5.41) is 0. The highest BCUT2D eigenvalue weighted by Gasteiger charge is 2.52. The SMILES string of the molecule is CC(C)(C)C(=O)OCc1cccc(B2OC(C)(C)C(C)(C)O2)n1. The Hall–Kier alpha value is -1.40.